The molecule has 270 valence electrons. The van der Waals surface area contributed by atoms with E-state index in [2.05, 4.69) is 13.8 Å². The van der Waals surface area contributed by atoms with Crippen LogP contribution in [0.5, 0.6) is 0 Å². The van der Waals surface area contributed by atoms with Crippen molar-refractivity contribution in [3.63, 3.8) is 0 Å². The second-order valence-electron chi connectivity index (χ2n) is 14.3. The lowest BCUT2D eigenvalue weighted by Gasteiger charge is -2.12. The molecule has 2 fully saturated rings. The molecule has 0 amide bonds. The molecule has 0 N–H and O–H groups in total. The van der Waals surface area contributed by atoms with Crippen LogP contribution in [0.3, 0.4) is 0 Å². The third kappa shape index (κ3) is 23.2. The maximum absolute atomic E-state index is 12.0. The molecule has 0 aromatic carbocycles. The second-order valence-corrected chi connectivity index (χ2v) is 14.3. The Morgan fingerprint density at radius 2 is 0.978 bits per heavy atom. The maximum atomic E-state index is 12.0. The quantitative estimate of drug-likeness (QED) is 0.0386. The van der Waals surface area contributed by atoms with Crippen LogP contribution in [0.1, 0.15) is 200 Å². The SMILES string of the molecule is CCCCCCCCCCOC(=O)CCCCCCCC(C1CO1)C1OC1CCCCCCC(=O)OCCCCCCCCCC. The van der Waals surface area contributed by atoms with Crippen LogP contribution in [-0.2, 0) is 28.5 Å². The molecule has 4 unspecified atom stereocenters. The first-order valence-corrected chi connectivity index (χ1v) is 20.2. The Balaban J connectivity index is 1.34. The molecular formula is C40H74O6. The zero-order chi connectivity index (χ0) is 32.9. The van der Waals surface area contributed by atoms with Crippen molar-refractivity contribution in [1.82, 2.24) is 0 Å². The van der Waals surface area contributed by atoms with E-state index in [-0.39, 0.29) is 11.9 Å². The average Bonchev–Trinajstić information content (AvgIpc) is 3.99. The van der Waals surface area contributed by atoms with Gasteiger partial charge in [-0.2, -0.15) is 0 Å². The Morgan fingerprint density at radius 1 is 0.565 bits per heavy atom. The number of hydrogen-bond acceptors (Lipinski definition) is 6. The van der Waals surface area contributed by atoms with Crippen molar-refractivity contribution in [2.24, 2.45) is 5.92 Å². The van der Waals surface area contributed by atoms with Crippen molar-refractivity contribution >= 4 is 11.9 Å². The van der Waals surface area contributed by atoms with Gasteiger partial charge >= 0.3 is 11.9 Å². The van der Waals surface area contributed by atoms with Gasteiger partial charge in [-0.25, -0.2) is 0 Å². The smallest absolute Gasteiger partial charge is 0.305 e. The Bertz CT molecular complexity index is 723. The molecule has 4 atom stereocenters. The van der Waals surface area contributed by atoms with E-state index in [1.165, 1.54) is 122 Å². The Kier molecular flexibility index (Phi) is 25.7. The summed E-state index contributed by atoms with van der Waals surface area (Å²) in [7, 11) is 0. The molecule has 2 heterocycles. The van der Waals surface area contributed by atoms with Crippen molar-refractivity contribution in [3.05, 3.63) is 0 Å². The first-order chi connectivity index (χ1) is 22.7. The molecule has 2 aliphatic heterocycles. The Morgan fingerprint density at radius 3 is 1.46 bits per heavy atom. The molecule has 6 nitrogen and oxygen atoms in total. The normalized spacial score (nSPS) is 19.2. The third-order valence-corrected chi connectivity index (χ3v) is 9.94. The number of unbranched alkanes of at least 4 members (excludes halogenated alkanes) is 21. The zero-order valence-electron chi connectivity index (χ0n) is 30.4. The lowest BCUT2D eigenvalue weighted by Crippen LogP contribution is -2.17. The lowest BCUT2D eigenvalue weighted by atomic mass is 9.91. The summed E-state index contributed by atoms with van der Waals surface area (Å²) in [6.07, 6.45) is 34.9. The molecule has 0 radical (unpaired) electrons. The highest BCUT2D eigenvalue weighted by Crippen LogP contribution is 2.41. The zero-order valence-corrected chi connectivity index (χ0v) is 30.4. The fraction of sp³-hybridized carbons (Fsp3) is 0.950. The van der Waals surface area contributed by atoms with Crippen LogP contribution in [0, 0.1) is 5.92 Å². The monoisotopic (exact) mass is 651 g/mol. The molecule has 2 rings (SSSR count). The maximum Gasteiger partial charge on any atom is 0.305 e. The van der Waals surface area contributed by atoms with Crippen LogP contribution in [0.15, 0.2) is 0 Å². The minimum atomic E-state index is -0.0207. The minimum absolute atomic E-state index is 0.0160. The summed E-state index contributed by atoms with van der Waals surface area (Å²) in [5.41, 5.74) is 0. The van der Waals surface area contributed by atoms with Crippen molar-refractivity contribution in [2.45, 2.75) is 218 Å². The summed E-state index contributed by atoms with van der Waals surface area (Å²) in [6.45, 7) is 6.59. The van der Waals surface area contributed by atoms with Crippen molar-refractivity contribution in [2.75, 3.05) is 19.8 Å². The lowest BCUT2D eigenvalue weighted by molar-refractivity contribution is -0.144. The molecular weight excluding hydrogens is 576 g/mol. The number of hydrogen-bond donors (Lipinski definition) is 0. The molecule has 0 bridgehead atoms. The van der Waals surface area contributed by atoms with E-state index in [4.69, 9.17) is 18.9 Å². The van der Waals surface area contributed by atoms with Crippen LogP contribution >= 0.6 is 0 Å². The standard InChI is InChI=1S/C40H74O6/c1-3-5-7-9-11-13-20-26-32-43-38(41)30-24-17-15-16-22-28-35(37-34-45-37)40-36(46-40)29-23-18-19-25-31-39(42)44-33-27-21-14-12-10-8-6-4-2/h35-37,40H,3-34H2,1-2H3. The van der Waals surface area contributed by atoms with Gasteiger partial charge in [0.15, 0.2) is 0 Å². The largest absolute Gasteiger partial charge is 0.466 e. The molecule has 0 aliphatic carbocycles. The van der Waals surface area contributed by atoms with Crippen LogP contribution in [-0.4, -0.2) is 50.1 Å². The predicted molar refractivity (Wildman–Crippen MR) is 189 cm³/mol. The molecule has 0 saturated carbocycles. The number of carbonyl (C=O) groups is 2. The first-order valence-electron chi connectivity index (χ1n) is 20.2. The minimum Gasteiger partial charge on any atom is -0.466 e. The number of ether oxygens (including phenoxy) is 4. The summed E-state index contributed by atoms with van der Waals surface area (Å²) >= 11 is 0. The van der Waals surface area contributed by atoms with E-state index in [1.54, 1.807) is 0 Å². The van der Waals surface area contributed by atoms with E-state index in [0.29, 0.717) is 50.3 Å². The number of carbonyl (C=O) groups excluding carboxylic acids is 2. The first kappa shape index (κ1) is 41.0. The van der Waals surface area contributed by atoms with Crippen LogP contribution in [0.4, 0.5) is 0 Å². The summed E-state index contributed by atoms with van der Waals surface area (Å²) < 4.78 is 22.6. The van der Waals surface area contributed by atoms with Gasteiger partial charge in [0.2, 0.25) is 0 Å². The van der Waals surface area contributed by atoms with E-state index in [0.717, 1.165) is 58.0 Å². The summed E-state index contributed by atoms with van der Waals surface area (Å²) in [5.74, 6) is 0.512. The Hall–Kier alpha value is -1.14. The fourth-order valence-corrected chi connectivity index (χ4v) is 6.77. The van der Waals surface area contributed by atoms with Crippen LogP contribution in [0.25, 0.3) is 0 Å². The highest BCUT2D eigenvalue weighted by atomic mass is 16.6. The number of epoxide rings is 2. The van der Waals surface area contributed by atoms with Gasteiger partial charge in [0.05, 0.1) is 38.1 Å². The van der Waals surface area contributed by atoms with Gasteiger partial charge < -0.3 is 18.9 Å². The van der Waals surface area contributed by atoms with Gasteiger partial charge in [0, 0.05) is 18.8 Å². The fourth-order valence-electron chi connectivity index (χ4n) is 6.77. The molecule has 0 spiro atoms. The van der Waals surface area contributed by atoms with Gasteiger partial charge in [0.1, 0.15) is 0 Å². The van der Waals surface area contributed by atoms with Gasteiger partial charge in [0.25, 0.3) is 0 Å². The highest BCUT2D eigenvalue weighted by molar-refractivity contribution is 5.69. The summed E-state index contributed by atoms with van der Waals surface area (Å²) in [5, 5.41) is 0. The van der Waals surface area contributed by atoms with Crippen molar-refractivity contribution < 1.29 is 28.5 Å². The predicted octanol–water partition coefficient (Wildman–Crippen LogP) is 11.2. The number of rotatable bonds is 35. The van der Waals surface area contributed by atoms with Crippen molar-refractivity contribution in [1.29, 1.82) is 0 Å². The van der Waals surface area contributed by atoms with Gasteiger partial charge in [-0.05, 0) is 38.5 Å². The van der Waals surface area contributed by atoms with E-state index in [9.17, 15) is 9.59 Å². The second kappa shape index (κ2) is 28.8. The van der Waals surface area contributed by atoms with Crippen molar-refractivity contribution in [3.8, 4) is 0 Å². The molecule has 6 heteroatoms. The van der Waals surface area contributed by atoms with E-state index in [1.807, 2.05) is 0 Å². The molecule has 0 aromatic rings. The van der Waals surface area contributed by atoms with Crippen LogP contribution in [0.2, 0.25) is 0 Å². The Labute approximate surface area is 284 Å². The molecule has 2 saturated heterocycles. The molecule has 46 heavy (non-hydrogen) atoms. The van der Waals surface area contributed by atoms with E-state index < -0.39 is 0 Å². The van der Waals surface area contributed by atoms with Crippen LogP contribution < -0.4 is 0 Å². The topological polar surface area (TPSA) is 77.7 Å². The number of esters is 2. The average molecular weight is 651 g/mol. The third-order valence-electron chi connectivity index (χ3n) is 9.94. The van der Waals surface area contributed by atoms with Gasteiger partial charge in [-0.15, -0.1) is 0 Å². The molecule has 0 aromatic heterocycles. The highest BCUT2D eigenvalue weighted by Gasteiger charge is 2.50. The summed E-state index contributed by atoms with van der Waals surface area (Å²) in [4.78, 5) is 24.0. The van der Waals surface area contributed by atoms with Gasteiger partial charge in [-0.1, -0.05) is 149 Å². The summed E-state index contributed by atoms with van der Waals surface area (Å²) in [6, 6.07) is 0. The van der Waals surface area contributed by atoms with Gasteiger partial charge in [-0.3, -0.25) is 9.59 Å². The van der Waals surface area contributed by atoms with E-state index >= 15 is 0 Å². The molecule has 2 aliphatic rings.